The Morgan fingerprint density at radius 3 is 2.45 bits per heavy atom. The Morgan fingerprint density at radius 2 is 1.74 bits per heavy atom. The van der Waals surface area contributed by atoms with Crippen LogP contribution in [-0.4, -0.2) is 35.1 Å². The van der Waals surface area contributed by atoms with Crippen LogP contribution in [0.2, 0.25) is 0 Å². The first kappa shape index (κ1) is 21.3. The number of fused-ring (bicyclic) bond motifs is 1. The van der Waals surface area contributed by atoms with Gasteiger partial charge < -0.3 is 9.71 Å². The fourth-order valence-electron chi connectivity index (χ4n) is 3.49. The van der Waals surface area contributed by atoms with Crippen molar-refractivity contribution in [2.24, 2.45) is 0 Å². The molecule has 0 aliphatic carbocycles. The second kappa shape index (κ2) is 8.64. The number of benzene rings is 3. The summed E-state index contributed by atoms with van der Waals surface area (Å²) in [6, 6.07) is 20.8. The van der Waals surface area contributed by atoms with Crippen LogP contribution in [0, 0.1) is 0 Å². The smallest absolute Gasteiger partial charge is 0.175 e. The first-order valence-electron chi connectivity index (χ1n) is 9.77. The molecule has 8 heteroatoms. The minimum atomic E-state index is -3.18. The van der Waals surface area contributed by atoms with E-state index in [9.17, 15) is 12.6 Å². The molecule has 0 saturated heterocycles. The van der Waals surface area contributed by atoms with Crippen molar-refractivity contribution in [2.45, 2.75) is 17.7 Å². The molecule has 3 aromatic carbocycles. The number of sulfone groups is 1. The van der Waals surface area contributed by atoms with E-state index in [0.717, 1.165) is 52.1 Å². The Morgan fingerprint density at radius 1 is 1.00 bits per heavy atom. The van der Waals surface area contributed by atoms with Crippen molar-refractivity contribution in [3.05, 3.63) is 78.1 Å². The van der Waals surface area contributed by atoms with Crippen molar-refractivity contribution >= 4 is 37.5 Å². The lowest BCUT2D eigenvalue weighted by molar-refractivity contribution is 0.602. The van der Waals surface area contributed by atoms with E-state index < -0.39 is 20.8 Å². The van der Waals surface area contributed by atoms with Crippen molar-refractivity contribution in [2.75, 3.05) is 17.2 Å². The predicted molar refractivity (Wildman–Crippen MR) is 126 cm³/mol. The molecule has 1 atom stereocenters. The van der Waals surface area contributed by atoms with Crippen LogP contribution >= 0.6 is 0 Å². The minimum Gasteiger partial charge on any atom is -0.342 e. The largest absolute Gasteiger partial charge is 0.342 e. The van der Waals surface area contributed by atoms with Gasteiger partial charge in [0.25, 0.3) is 0 Å². The Balaban J connectivity index is 1.54. The molecule has 0 amide bonds. The fourth-order valence-corrected chi connectivity index (χ4v) is 4.61. The van der Waals surface area contributed by atoms with Crippen LogP contribution in [0.25, 0.3) is 22.2 Å². The quantitative estimate of drug-likeness (QED) is 0.440. The number of aromatic nitrogens is 2. The summed E-state index contributed by atoms with van der Waals surface area (Å²) < 4.78 is 37.8. The van der Waals surface area contributed by atoms with E-state index in [2.05, 4.69) is 14.7 Å². The van der Waals surface area contributed by atoms with Crippen LogP contribution < -0.4 is 4.72 Å². The number of imidazole rings is 1. The number of para-hydroxylation sites is 1. The summed E-state index contributed by atoms with van der Waals surface area (Å²) in [5.74, 6) is 0.875. The highest BCUT2D eigenvalue weighted by Gasteiger charge is 2.10. The van der Waals surface area contributed by atoms with Crippen molar-refractivity contribution < 1.29 is 12.6 Å². The minimum absolute atomic E-state index is 0.328. The predicted octanol–water partition coefficient (Wildman–Crippen LogP) is 4.12. The molecule has 0 radical (unpaired) electrons. The maximum Gasteiger partial charge on any atom is 0.175 e. The number of aromatic amines is 1. The number of nitrogens with zero attached hydrogens (tertiary/aromatic N) is 1. The topological polar surface area (TPSA) is 91.9 Å². The zero-order valence-electron chi connectivity index (χ0n) is 17.3. The first-order valence-corrected chi connectivity index (χ1v) is 13.2. The van der Waals surface area contributed by atoms with Crippen molar-refractivity contribution in [3.8, 4) is 11.1 Å². The van der Waals surface area contributed by atoms with E-state index in [1.54, 1.807) is 18.4 Å². The molecule has 4 aromatic rings. The van der Waals surface area contributed by atoms with Gasteiger partial charge in [-0.15, -0.1) is 0 Å². The van der Waals surface area contributed by atoms with Crippen molar-refractivity contribution in [1.29, 1.82) is 0 Å². The molecule has 6 nitrogen and oxygen atoms in total. The van der Waals surface area contributed by atoms with Crippen molar-refractivity contribution in [3.63, 3.8) is 0 Å². The summed E-state index contributed by atoms with van der Waals surface area (Å²) in [5, 5.41) is 0. The van der Waals surface area contributed by atoms with Gasteiger partial charge in [-0.3, -0.25) is 0 Å². The molecule has 1 unspecified atom stereocenters. The summed E-state index contributed by atoms with van der Waals surface area (Å²) in [5.41, 5.74) is 5.68. The van der Waals surface area contributed by atoms with Crippen LogP contribution in [0.15, 0.2) is 71.6 Å². The van der Waals surface area contributed by atoms with Gasteiger partial charge in [-0.1, -0.05) is 36.4 Å². The number of hydrogen-bond acceptors (Lipinski definition) is 4. The zero-order valence-corrected chi connectivity index (χ0v) is 18.9. The SMILES string of the molecule is CS(=O)Nc1ccccc1-c1ccc2nc(CCc3ccc(S(C)(=O)=O)cc3)[nH]c2c1. The van der Waals surface area contributed by atoms with E-state index in [4.69, 9.17) is 0 Å². The Hall–Kier alpha value is -2.97. The monoisotopic (exact) mass is 453 g/mol. The van der Waals surface area contributed by atoms with Gasteiger partial charge in [0, 0.05) is 24.5 Å². The molecular weight excluding hydrogens is 430 g/mol. The average Bonchev–Trinajstić information content (AvgIpc) is 3.14. The molecule has 4 rings (SSSR count). The lowest BCUT2D eigenvalue weighted by atomic mass is 10.0. The number of H-pyrrole nitrogens is 1. The molecule has 0 saturated carbocycles. The van der Waals surface area contributed by atoms with Gasteiger partial charge >= 0.3 is 0 Å². The third kappa shape index (κ3) is 5.03. The van der Waals surface area contributed by atoms with Gasteiger partial charge in [-0.05, 0) is 47.9 Å². The number of anilines is 1. The maximum absolute atomic E-state index is 11.6. The van der Waals surface area contributed by atoms with E-state index >= 15 is 0 Å². The highest BCUT2D eigenvalue weighted by atomic mass is 32.2. The molecule has 160 valence electrons. The van der Waals surface area contributed by atoms with Gasteiger partial charge in [0.1, 0.15) is 16.8 Å². The number of aryl methyl sites for hydroxylation is 2. The third-order valence-electron chi connectivity index (χ3n) is 5.02. The lowest BCUT2D eigenvalue weighted by Gasteiger charge is -2.10. The van der Waals surface area contributed by atoms with Gasteiger partial charge in [-0.2, -0.15) is 0 Å². The number of rotatable bonds is 7. The van der Waals surface area contributed by atoms with Crippen LogP contribution in [0.1, 0.15) is 11.4 Å². The van der Waals surface area contributed by atoms with E-state index in [1.165, 1.54) is 6.26 Å². The average molecular weight is 454 g/mol. The van der Waals surface area contributed by atoms with Crippen LogP contribution in [0.5, 0.6) is 0 Å². The lowest BCUT2D eigenvalue weighted by Crippen LogP contribution is -2.02. The molecule has 0 spiro atoms. The maximum atomic E-state index is 11.6. The van der Waals surface area contributed by atoms with Gasteiger partial charge in [0.15, 0.2) is 9.84 Å². The zero-order chi connectivity index (χ0) is 22.0. The molecule has 1 heterocycles. The Kier molecular flexibility index (Phi) is 5.93. The van der Waals surface area contributed by atoms with E-state index in [1.807, 2.05) is 54.6 Å². The molecule has 1 aromatic heterocycles. The molecule has 2 N–H and O–H groups in total. The molecule has 0 fully saturated rings. The van der Waals surface area contributed by atoms with Gasteiger partial charge in [0.05, 0.1) is 21.6 Å². The van der Waals surface area contributed by atoms with E-state index in [0.29, 0.717) is 4.90 Å². The Bertz CT molecular complexity index is 1360. The number of hydrogen-bond donors (Lipinski definition) is 2. The van der Waals surface area contributed by atoms with Gasteiger partial charge in [0.2, 0.25) is 0 Å². The highest BCUT2D eigenvalue weighted by molar-refractivity contribution is 7.90. The molecule has 0 aliphatic rings. The van der Waals surface area contributed by atoms with Crippen LogP contribution in [-0.2, 0) is 33.7 Å². The normalized spacial score (nSPS) is 12.7. The summed E-state index contributed by atoms with van der Waals surface area (Å²) in [6.45, 7) is 0. The van der Waals surface area contributed by atoms with Crippen LogP contribution in [0.3, 0.4) is 0 Å². The third-order valence-corrected chi connectivity index (χ3v) is 6.66. The summed E-state index contributed by atoms with van der Waals surface area (Å²) in [4.78, 5) is 8.39. The summed E-state index contributed by atoms with van der Waals surface area (Å²) in [6.07, 6.45) is 4.29. The molecule has 31 heavy (non-hydrogen) atoms. The van der Waals surface area contributed by atoms with Crippen molar-refractivity contribution in [1.82, 2.24) is 9.97 Å². The second-order valence-corrected chi connectivity index (χ2v) is 10.6. The van der Waals surface area contributed by atoms with Crippen LogP contribution in [0.4, 0.5) is 5.69 Å². The molecule has 0 bridgehead atoms. The van der Waals surface area contributed by atoms with Gasteiger partial charge in [-0.25, -0.2) is 17.6 Å². The molecular formula is C23H23N3O3S2. The summed E-state index contributed by atoms with van der Waals surface area (Å²) in [7, 11) is -4.34. The Labute approximate surface area is 184 Å². The second-order valence-electron chi connectivity index (χ2n) is 7.43. The molecule has 0 aliphatic heterocycles. The summed E-state index contributed by atoms with van der Waals surface area (Å²) >= 11 is 0. The standard InChI is InChI=1S/C23H23N3O3S2/c1-30(27)26-20-6-4-3-5-19(20)17-10-13-21-22(15-17)25-23(24-21)14-9-16-7-11-18(12-8-16)31(2,28)29/h3-8,10-13,15,26H,9,14H2,1-2H3,(H,24,25). The number of nitrogens with one attached hydrogen (secondary N) is 2. The highest BCUT2D eigenvalue weighted by Crippen LogP contribution is 2.30. The fraction of sp³-hybridized carbons (Fsp3) is 0.174. The first-order chi connectivity index (χ1) is 14.8. The van der Waals surface area contributed by atoms with E-state index in [-0.39, 0.29) is 0 Å².